The van der Waals surface area contributed by atoms with Gasteiger partial charge in [-0.3, -0.25) is 0 Å². The molecular weight excluding hydrogens is 190 g/mol. The minimum absolute atomic E-state index is 0.425. The summed E-state index contributed by atoms with van der Waals surface area (Å²) in [5.74, 6) is 0.673. The molecule has 0 amide bonds. The van der Waals surface area contributed by atoms with Gasteiger partial charge in [0.1, 0.15) is 6.26 Å². The van der Waals surface area contributed by atoms with Crippen LogP contribution in [0, 0.1) is 5.92 Å². The maximum absolute atomic E-state index is 5.48. The van der Waals surface area contributed by atoms with E-state index in [1.165, 1.54) is 0 Å². The molecular formula is C11H21N3O. The van der Waals surface area contributed by atoms with E-state index < -0.39 is 0 Å². The van der Waals surface area contributed by atoms with Crippen molar-refractivity contribution in [2.45, 2.75) is 39.8 Å². The van der Waals surface area contributed by atoms with Crippen LogP contribution in [0.15, 0.2) is 10.7 Å². The van der Waals surface area contributed by atoms with Crippen LogP contribution in [0.2, 0.25) is 0 Å². The first kappa shape index (κ1) is 12.0. The average molecular weight is 211 g/mol. The second kappa shape index (κ2) is 5.16. The van der Waals surface area contributed by atoms with E-state index in [0.29, 0.717) is 24.5 Å². The van der Waals surface area contributed by atoms with Crippen molar-refractivity contribution in [1.29, 1.82) is 0 Å². The standard InChI is InChI=1S/C11H21N3O/c1-8(2)5-9(3)14(4)11-13-10(6-12)7-15-11/h7-9H,5-6,12H2,1-4H3. The first-order valence-corrected chi connectivity index (χ1v) is 5.42. The van der Waals surface area contributed by atoms with Crippen LogP contribution in [0.25, 0.3) is 0 Å². The second-order valence-electron chi connectivity index (χ2n) is 4.42. The summed E-state index contributed by atoms with van der Waals surface area (Å²) in [5.41, 5.74) is 6.28. The predicted molar refractivity (Wildman–Crippen MR) is 61.7 cm³/mol. The summed E-state index contributed by atoms with van der Waals surface area (Å²) in [6, 6.07) is 1.08. The van der Waals surface area contributed by atoms with Crippen molar-refractivity contribution >= 4 is 6.01 Å². The SMILES string of the molecule is CC(C)CC(C)N(C)c1nc(CN)co1. The second-order valence-corrected chi connectivity index (χ2v) is 4.42. The summed E-state index contributed by atoms with van der Waals surface area (Å²) in [7, 11) is 2.00. The van der Waals surface area contributed by atoms with Crippen molar-refractivity contribution < 1.29 is 4.42 Å². The van der Waals surface area contributed by atoms with E-state index in [4.69, 9.17) is 10.2 Å². The van der Waals surface area contributed by atoms with Gasteiger partial charge in [-0.2, -0.15) is 4.98 Å². The molecule has 0 spiro atoms. The Morgan fingerprint density at radius 1 is 1.47 bits per heavy atom. The fraction of sp³-hybridized carbons (Fsp3) is 0.727. The lowest BCUT2D eigenvalue weighted by Crippen LogP contribution is -2.30. The van der Waals surface area contributed by atoms with Crippen molar-refractivity contribution in [3.8, 4) is 0 Å². The van der Waals surface area contributed by atoms with Crippen LogP contribution >= 0.6 is 0 Å². The summed E-state index contributed by atoms with van der Waals surface area (Å²) in [6.45, 7) is 7.03. The van der Waals surface area contributed by atoms with Gasteiger partial charge < -0.3 is 15.1 Å². The van der Waals surface area contributed by atoms with Gasteiger partial charge in [0.2, 0.25) is 0 Å². The fourth-order valence-electron chi connectivity index (χ4n) is 1.58. The largest absolute Gasteiger partial charge is 0.432 e. The van der Waals surface area contributed by atoms with Crippen LogP contribution in [0.3, 0.4) is 0 Å². The molecule has 1 atom stereocenters. The van der Waals surface area contributed by atoms with E-state index in [9.17, 15) is 0 Å². The van der Waals surface area contributed by atoms with Crippen molar-refractivity contribution in [3.05, 3.63) is 12.0 Å². The molecule has 0 aliphatic rings. The topological polar surface area (TPSA) is 55.3 Å². The smallest absolute Gasteiger partial charge is 0.297 e. The highest BCUT2D eigenvalue weighted by molar-refractivity contribution is 5.26. The average Bonchev–Trinajstić information content (AvgIpc) is 2.63. The van der Waals surface area contributed by atoms with Gasteiger partial charge in [-0.15, -0.1) is 0 Å². The maximum atomic E-state index is 5.48. The number of nitrogens with zero attached hydrogens (tertiary/aromatic N) is 2. The molecule has 15 heavy (non-hydrogen) atoms. The number of hydrogen-bond donors (Lipinski definition) is 1. The van der Waals surface area contributed by atoms with Gasteiger partial charge in [-0.05, 0) is 19.3 Å². The zero-order chi connectivity index (χ0) is 11.4. The summed E-state index contributed by atoms with van der Waals surface area (Å²) in [6.07, 6.45) is 2.74. The molecule has 1 aromatic heterocycles. The molecule has 4 heteroatoms. The number of nitrogens with two attached hydrogens (primary N) is 1. The minimum Gasteiger partial charge on any atom is -0.432 e. The third-order valence-corrected chi connectivity index (χ3v) is 2.52. The van der Waals surface area contributed by atoms with Crippen LogP contribution in [0.1, 0.15) is 32.9 Å². The zero-order valence-corrected chi connectivity index (χ0v) is 10.0. The van der Waals surface area contributed by atoms with Crippen LogP contribution in [-0.2, 0) is 6.54 Å². The van der Waals surface area contributed by atoms with E-state index >= 15 is 0 Å². The predicted octanol–water partition coefficient (Wildman–Crippen LogP) is 2.00. The summed E-state index contributed by atoms with van der Waals surface area (Å²) in [5, 5.41) is 0. The number of aromatic nitrogens is 1. The van der Waals surface area contributed by atoms with Crippen molar-refractivity contribution in [3.63, 3.8) is 0 Å². The van der Waals surface area contributed by atoms with Gasteiger partial charge in [0.15, 0.2) is 0 Å². The Labute approximate surface area is 91.5 Å². The van der Waals surface area contributed by atoms with Gasteiger partial charge in [0.25, 0.3) is 6.01 Å². The molecule has 0 aliphatic heterocycles. The molecule has 1 aromatic rings. The van der Waals surface area contributed by atoms with E-state index in [-0.39, 0.29) is 0 Å². The van der Waals surface area contributed by atoms with Gasteiger partial charge in [0, 0.05) is 19.6 Å². The maximum Gasteiger partial charge on any atom is 0.297 e. The van der Waals surface area contributed by atoms with E-state index in [1.54, 1.807) is 6.26 Å². The lowest BCUT2D eigenvalue weighted by molar-refractivity contribution is 0.465. The van der Waals surface area contributed by atoms with E-state index in [1.807, 2.05) is 7.05 Å². The normalized spacial score (nSPS) is 13.2. The number of rotatable bonds is 5. The van der Waals surface area contributed by atoms with Crippen LogP contribution in [0.4, 0.5) is 6.01 Å². The number of anilines is 1. The third kappa shape index (κ3) is 3.23. The molecule has 0 radical (unpaired) electrons. The van der Waals surface area contributed by atoms with Crippen molar-refractivity contribution in [1.82, 2.24) is 4.98 Å². The first-order chi connectivity index (χ1) is 7.04. The first-order valence-electron chi connectivity index (χ1n) is 5.42. The van der Waals surface area contributed by atoms with Crippen LogP contribution in [0.5, 0.6) is 0 Å². The molecule has 2 N–H and O–H groups in total. The molecule has 86 valence electrons. The van der Waals surface area contributed by atoms with Gasteiger partial charge in [-0.25, -0.2) is 0 Å². The third-order valence-electron chi connectivity index (χ3n) is 2.52. The Balaban J connectivity index is 2.62. The lowest BCUT2D eigenvalue weighted by atomic mass is 10.0. The quantitative estimate of drug-likeness (QED) is 0.809. The van der Waals surface area contributed by atoms with Gasteiger partial charge >= 0.3 is 0 Å². The van der Waals surface area contributed by atoms with E-state index in [0.717, 1.165) is 12.1 Å². The molecule has 0 fully saturated rings. The van der Waals surface area contributed by atoms with Crippen LogP contribution in [-0.4, -0.2) is 18.1 Å². The Kier molecular flexibility index (Phi) is 4.15. The van der Waals surface area contributed by atoms with Crippen molar-refractivity contribution in [2.75, 3.05) is 11.9 Å². The molecule has 0 bridgehead atoms. The minimum atomic E-state index is 0.425. The highest BCUT2D eigenvalue weighted by atomic mass is 16.4. The molecule has 0 aromatic carbocycles. The molecule has 4 nitrogen and oxygen atoms in total. The Bertz CT molecular complexity index is 296. The van der Waals surface area contributed by atoms with Gasteiger partial charge in [-0.1, -0.05) is 13.8 Å². The Hall–Kier alpha value is -1.03. The summed E-state index contributed by atoms with van der Waals surface area (Å²) < 4.78 is 5.35. The number of hydrogen-bond acceptors (Lipinski definition) is 4. The molecule has 1 unspecified atom stereocenters. The lowest BCUT2D eigenvalue weighted by Gasteiger charge is -2.24. The number of oxazole rings is 1. The van der Waals surface area contributed by atoms with Gasteiger partial charge in [0.05, 0.1) is 5.69 Å². The fourth-order valence-corrected chi connectivity index (χ4v) is 1.58. The highest BCUT2D eigenvalue weighted by Gasteiger charge is 2.15. The molecule has 1 rings (SSSR count). The summed E-state index contributed by atoms with van der Waals surface area (Å²) in [4.78, 5) is 6.35. The molecule has 0 saturated heterocycles. The monoisotopic (exact) mass is 211 g/mol. The zero-order valence-electron chi connectivity index (χ0n) is 10.0. The van der Waals surface area contributed by atoms with Crippen LogP contribution < -0.4 is 10.6 Å². The van der Waals surface area contributed by atoms with E-state index in [2.05, 4.69) is 30.7 Å². The Morgan fingerprint density at radius 2 is 2.13 bits per heavy atom. The molecule has 0 aliphatic carbocycles. The van der Waals surface area contributed by atoms with Crippen molar-refractivity contribution in [2.24, 2.45) is 11.7 Å². The molecule has 0 saturated carbocycles. The Morgan fingerprint density at radius 3 is 2.60 bits per heavy atom. The highest BCUT2D eigenvalue weighted by Crippen LogP contribution is 2.18. The summed E-state index contributed by atoms with van der Waals surface area (Å²) >= 11 is 0. The molecule has 1 heterocycles.